The van der Waals surface area contributed by atoms with E-state index in [9.17, 15) is 4.79 Å². The van der Waals surface area contributed by atoms with Gasteiger partial charge in [0.1, 0.15) is 5.78 Å². The van der Waals surface area contributed by atoms with Gasteiger partial charge in [-0.05, 0) is 24.1 Å². The van der Waals surface area contributed by atoms with Gasteiger partial charge in [-0.15, -0.1) is 0 Å². The quantitative estimate of drug-likeness (QED) is 0.766. The SMILES string of the molecule is Cc1cc(CC(=O)CS)ccc1Cl. The van der Waals surface area contributed by atoms with E-state index in [1.807, 2.05) is 25.1 Å². The Morgan fingerprint density at radius 2 is 2.23 bits per heavy atom. The highest BCUT2D eigenvalue weighted by Gasteiger charge is 2.02. The van der Waals surface area contributed by atoms with Gasteiger partial charge >= 0.3 is 0 Å². The summed E-state index contributed by atoms with van der Waals surface area (Å²) < 4.78 is 0. The number of halogens is 1. The summed E-state index contributed by atoms with van der Waals surface area (Å²) in [6.45, 7) is 1.93. The molecule has 1 nitrogen and oxygen atoms in total. The first-order chi connectivity index (χ1) is 6.13. The van der Waals surface area contributed by atoms with Gasteiger partial charge in [-0.2, -0.15) is 12.6 Å². The number of ketones is 1. The molecule has 0 atom stereocenters. The average Bonchev–Trinajstić information content (AvgIpc) is 2.11. The first kappa shape index (κ1) is 10.6. The number of Topliss-reactive ketones (excluding diaryl/α,β-unsaturated/α-hetero) is 1. The Morgan fingerprint density at radius 1 is 1.54 bits per heavy atom. The Bertz CT molecular complexity index is 323. The van der Waals surface area contributed by atoms with Crippen molar-refractivity contribution in [2.45, 2.75) is 13.3 Å². The van der Waals surface area contributed by atoms with E-state index in [-0.39, 0.29) is 5.78 Å². The molecule has 0 spiro atoms. The van der Waals surface area contributed by atoms with Gasteiger partial charge in [-0.25, -0.2) is 0 Å². The lowest BCUT2D eigenvalue weighted by Gasteiger charge is -2.02. The summed E-state index contributed by atoms with van der Waals surface area (Å²) in [5.41, 5.74) is 2.01. The maximum Gasteiger partial charge on any atom is 0.146 e. The predicted octanol–water partition coefficient (Wildman–Crippen LogP) is 2.69. The Balaban J connectivity index is 2.79. The molecule has 1 aromatic carbocycles. The van der Waals surface area contributed by atoms with Crippen LogP contribution in [0.3, 0.4) is 0 Å². The number of thiol groups is 1. The summed E-state index contributed by atoms with van der Waals surface area (Å²) in [5.74, 6) is 0.423. The Hall–Kier alpha value is -0.470. The third-order valence-electron chi connectivity index (χ3n) is 1.80. The highest BCUT2D eigenvalue weighted by Crippen LogP contribution is 2.16. The smallest absolute Gasteiger partial charge is 0.146 e. The Kier molecular flexibility index (Phi) is 3.82. The van der Waals surface area contributed by atoms with E-state index in [1.54, 1.807) is 0 Å². The Labute approximate surface area is 88.5 Å². The van der Waals surface area contributed by atoms with Crippen molar-refractivity contribution < 1.29 is 4.79 Å². The van der Waals surface area contributed by atoms with Gasteiger partial charge in [0.05, 0.1) is 0 Å². The van der Waals surface area contributed by atoms with Crippen LogP contribution >= 0.6 is 24.2 Å². The molecule has 1 rings (SSSR count). The van der Waals surface area contributed by atoms with Gasteiger partial charge in [-0.1, -0.05) is 23.7 Å². The van der Waals surface area contributed by atoms with Crippen LogP contribution in [-0.2, 0) is 11.2 Å². The first-order valence-corrected chi connectivity index (χ1v) is 5.02. The molecule has 0 aromatic heterocycles. The standard InChI is InChI=1S/C10H11ClOS/c1-7-4-8(2-3-10(7)11)5-9(12)6-13/h2-4,13H,5-6H2,1H3. The zero-order chi connectivity index (χ0) is 9.84. The summed E-state index contributed by atoms with van der Waals surface area (Å²) in [6.07, 6.45) is 0.446. The van der Waals surface area contributed by atoms with E-state index in [2.05, 4.69) is 12.6 Å². The second-order valence-electron chi connectivity index (χ2n) is 2.96. The molecule has 13 heavy (non-hydrogen) atoms. The largest absolute Gasteiger partial charge is 0.298 e. The van der Waals surface area contributed by atoms with Crippen LogP contribution in [0.4, 0.5) is 0 Å². The van der Waals surface area contributed by atoms with E-state index in [1.165, 1.54) is 0 Å². The normalized spacial score (nSPS) is 10.1. The number of hydrogen-bond acceptors (Lipinski definition) is 2. The number of benzene rings is 1. The summed E-state index contributed by atoms with van der Waals surface area (Å²) in [5, 5.41) is 0.738. The highest BCUT2D eigenvalue weighted by atomic mass is 35.5. The lowest BCUT2D eigenvalue weighted by Crippen LogP contribution is -2.03. The molecule has 0 saturated heterocycles. The van der Waals surface area contributed by atoms with E-state index in [0.29, 0.717) is 12.2 Å². The molecule has 0 heterocycles. The van der Waals surface area contributed by atoms with Gasteiger partial charge < -0.3 is 0 Å². The molecule has 0 aliphatic carbocycles. The lowest BCUT2D eigenvalue weighted by molar-refractivity contribution is -0.115. The van der Waals surface area contributed by atoms with Gasteiger partial charge in [-0.3, -0.25) is 4.79 Å². The van der Waals surface area contributed by atoms with Crippen LogP contribution in [0, 0.1) is 6.92 Å². The lowest BCUT2D eigenvalue weighted by atomic mass is 10.1. The van der Waals surface area contributed by atoms with E-state index in [4.69, 9.17) is 11.6 Å². The predicted molar refractivity (Wildman–Crippen MR) is 58.8 cm³/mol. The fourth-order valence-electron chi connectivity index (χ4n) is 1.10. The second-order valence-corrected chi connectivity index (χ2v) is 3.68. The fraction of sp³-hybridized carbons (Fsp3) is 0.300. The summed E-state index contributed by atoms with van der Waals surface area (Å²) >= 11 is 9.77. The second kappa shape index (κ2) is 4.68. The molecular formula is C10H11ClOS. The molecule has 0 N–H and O–H groups in total. The molecule has 0 amide bonds. The summed E-state index contributed by atoms with van der Waals surface area (Å²) in [6, 6.07) is 5.62. The molecule has 0 radical (unpaired) electrons. The molecule has 0 aliphatic heterocycles. The molecule has 70 valence electrons. The van der Waals surface area contributed by atoms with Crippen molar-refractivity contribution >= 4 is 30.0 Å². The number of rotatable bonds is 3. The van der Waals surface area contributed by atoms with Gasteiger partial charge in [0.2, 0.25) is 0 Å². The van der Waals surface area contributed by atoms with Crippen LogP contribution in [0.2, 0.25) is 5.02 Å². The van der Waals surface area contributed by atoms with Gasteiger partial charge in [0.25, 0.3) is 0 Å². The van der Waals surface area contributed by atoms with E-state index in [0.717, 1.165) is 16.1 Å². The van der Waals surface area contributed by atoms with Crippen LogP contribution in [0.5, 0.6) is 0 Å². The van der Waals surface area contributed by atoms with Crippen molar-refractivity contribution in [2.75, 3.05) is 5.75 Å². The van der Waals surface area contributed by atoms with E-state index < -0.39 is 0 Å². The van der Waals surface area contributed by atoms with Crippen LogP contribution in [0.25, 0.3) is 0 Å². The zero-order valence-electron chi connectivity index (χ0n) is 7.38. The van der Waals surface area contributed by atoms with Crippen molar-refractivity contribution in [2.24, 2.45) is 0 Å². The van der Waals surface area contributed by atoms with Crippen LogP contribution in [0.1, 0.15) is 11.1 Å². The number of aryl methyl sites for hydroxylation is 1. The maximum absolute atomic E-state index is 11.1. The van der Waals surface area contributed by atoms with Crippen molar-refractivity contribution in [3.8, 4) is 0 Å². The summed E-state index contributed by atoms with van der Waals surface area (Å²) in [4.78, 5) is 11.1. The third kappa shape index (κ3) is 3.05. The van der Waals surface area contributed by atoms with Crippen LogP contribution in [0.15, 0.2) is 18.2 Å². The highest BCUT2D eigenvalue weighted by molar-refractivity contribution is 7.81. The topological polar surface area (TPSA) is 17.1 Å². The molecule has 3 heteroatoms. The monoisotopic (exact) mass is 214 g/mol. The maximum atomic E-state index is 11.1. The van der Waals surface area contributed by atoms with Crippen molar-refractivity contribution in [1.82, 2.24) is 0 Å². The van der Waals surface area contributed by atoms with Crippen molar-refractivity contribution in [3.05, 3.63) is 34.3 Å². The van der Waals surface area contributed by atoms with Crippen LogP contribution < -0.4 is 0 Å². The van der Waals surface area contributed by atoms with Gasteiger partial charge in [0, 0.05) is 17.2 Å². The van der Waals surface area contributed by atoms with Crippen molar-refractivity contribution in [3.63, 3.8) is 0 Å². The molecule has 0 unspecified atom stereocenters. The molecule has 0 aliphatic rings. The molecule has 0 fully saturated rings. The number of carbonyl (C=O) groups excluding carboxylic acids is 1. The molecule has 1 aromatic rings. The Morgan fingerprint density at radius 3 is 2.77 bits per heavy atom. The number of hydrogen-bond donors (Lipinski definition) is 1. The minimum absolute atomic E-state index is 0.130. The molecular weight excluding hydrogens is 204 g/mol. The zero-order valence-corrected chi connectivity index (χ0v) is 9.03. The minimum Gasteiger partial charge on any atom is -0.298 e. The van der Waals surface area contributed by atoms with Gasteiger partial charge in [0.15, 0.2) is 0 Å². The average molecular weight is 215 g/mol. The fourth-order valence-corrected chi connectivity index (χ4v) is 1.33. The van der Waals surface area contributed by atoms with Crippen molar-refractivity contribution in [1.29, 1.82) is 0 Å². The number of carbonyl (C=O) groups is 1. The third-order valence-corrected chi connectivity index (χ3v) is 2.58. The molecule has 0 bridgehead atoms. The first-order valence-electron chi connectivity index (χ1n) is 4.01. The van der Waals surface area contributed by atoms with Crippen LogP contribution in [-0.4, -0.2) is 11.5 Å². The molecule has 0 saturated carbocycles. The van der Waals surface area contributed by atoms with E-state index >= 15 is 0 Å². The summed E-state index contributed by atoms with van der Waals surface area (Å²) in [7, 11) is 0. The minimum atomic E-state index is 0.130.